The van der Waals surface area contributed by atoms with Crippen molar-refractivity contribution in [2.75, 3.05) is 37.5 Å². The molecule has 3 aromatic rings. The van der Waals surface area contributed by atoms with E-state index in [4.69, 9.17) is 9.47 Å². The molecule has 3 heterocycles. The molecule has 0 radical (unpaired) electrons. The van der Waals surface area contributed by atoms with Crippen molar-refractivity contribution in [1.29, 1.82) is 0 Å². The molecule has 1 amide bonds. The summed E-state index contributed by atoms with van der Waals surface area (Å²) in [5, 5.41) is 3.01. The number of amides is 1. The van der Waals surface area contributed by atoms with Crippen LogP contribution in [-0.2, 0) is 11.3 Å². The molecule has 1 N–H and O–H groups in total. The number of carbonyl (C=O) groups is 1. The minimum absolute atomic E-state index is 0.204. The number of fused-ring (bicyclic) bond motifs is 1. The molecule has 0 aliphatic carbocycles. The van der Waals surface area contributed by atoms with Crippen LogP contribution in [0.3, 0.4) is 0 Å². The van der Waals surface area contributed by atoms with Gasteiger partial charge >= 0.3 is 0 Å². The first kappa shape index (κ1) is 19.6. The Hall–Kier alpha value is -3.69. The van der Waals surface area contributed by atoms with Gasteiger partial charge in [0.2, 0.25) is 11.9 Å². The number of hydrogen-bond acceptors (Lipinski definition) is 8. The molecule has 1 aliphatic heterocycles. The van der Waals surface area contributed by atoms with E-state index in [1.165, 1.54) is 24.2 Å². The highest BCUT2D eigenvalue weighted by molar-refractivity contribution is 5.92. The van der Waals surface area contributed by atoms with Crippen molar-refractivity contribution < 1.29 is 14.3 Å². The zero-order valence-electron chi connectivity index (χ0n) is 16.8. The lowest BCUT2D eigenvalue weighted by atomic mass is 10.2. The molecular formula is C20H22N6O4. The zero-order valence-corrected chi connectivity index (χ0v) is 16.8. The van der Waals surface area contributed by atoms with Crippen molar-refractivity contribution in [2.24, 2.45) is 0 Å². The third-order valence-electron chi connectivity index (χ3n) is 4.95. The molecule has 0 saturated carbocycles. The molecule has 10 nitrogen and oxygen atoms in total. The zero-order chi connectivity index (χ0) is 21.1. The second kappa shape index (κ2) is 8.36. The van der Waals surface area contributed by atoms with Gasteiger partial charge in [-0.15, -0.1) is 0 Å². The van der Waals surface area contributed by atoms with Crippen LogP contribution < -0.4 is 25.2 Å². The van der Waals surface area contributed by atoms with Crippen molar-refractivity contribution >= 4 is 28.6 Å². The third-order valence-corrected chi connectivity index (χ3v) is 4.95. The lowest BCUT2D eigenvalue weighted by molar-refractivity contribution is -0.116. The maximum absolute atomic E-state index is 12.8. The number of anilines is 2. The summed E-state index contributed by atoms with van der Waals surface area (Å²) in [5.41, 5.74) is 0.430. The van der Waals surface area contributed by atoms with Crippen molar-refractivity contribution in [3.63, 3.8) is 0 Å². The molecule has 10 heteroatoms. The van der Waals surface area contributed by atoms with E-state index in [1.807, 2.05) is 0 Å². The Morgan fingerprint density at radius 3 is 2.70 bits per heavy atom. The number of nitrogens with one attached hydrogen (secondary N) is 1. The van der Waals surface area contributed by atoms with E-state index < -0.39 is 5.91 Å². The number of nitrogens with zero attached hydrogens (tertiary/aromatic N) is 5. The fourth-order valence-electron chi connectivity index (χ4n) is 3.37. The second-order valence-electron chi connectivity index (χ2n) is 6.89. The molecule has 0 spiro atoms. The predicted octanol–water partition coefficient (Wildman–Crippen LogP) is 1.44. The van der Waals surface area contributed by atoms with Crippen LogP contribution in [0.4, 0.5) is 11.6 Å². The van der Waals surface area contributed by atoms with Gasteiger partial charge in [0.25, 0.3) is 5.56 Å². The topological polar surface area (TPSA) is 111 Å². The van der Waals surface area contributed by atoms with Gasteiger partial charge in [-0.05, 0) is 25.0 Å². The number of hydrogen-bond donors (Lipinski definition) is 1. The Morgan fingerprint density at radius 1 is 1.17 bits per heavy atom. The quantitative estimate of drug-likeness (QED) is 0.650. The number of rotatable bonds is 6. The Labute approximate surface area is 172 Å². The van der Waals surface area contributed by atoms with E-state index in [0.717, 1.165) is 25.9 Å². The molecular weight excluding hydrogens is 388 g/mol. The van der Waals surface area contributed by atoms with Gasteiger partial charge in [-0.25, -0.2) is 9.97 Å². The van der Waals surface area contributed by atoms with E-state index in [2.05, 4.69) is 25.2 Å². The van der Waals surface area contributed by atoms with E-state index in [9.17, 15) is 9.59 Å². The van der Waals surface area contributed by atoms with Crippen LogP contribution in [0.5, 0.6) is 11.5 Å². The summed E-state index contributed by atoms with van der Waals surface area (Å²) in [6.45, 7) is 1.60. The molecule has 0 unspecified atom stereocenters. The summed E-state index contributed by atoms with van der Waals surface area (Å²) in [5.74, 6) is 1.24. The molecule has 1 fully saturated rings. The first-order chi connectivity index (χ1) is 14.6. The van der Waals surface area contributed by atoms with Gasteiger partial charge < -0.3 is 19.7 Å². The monoisotopic (exact) mass is 410 g/mol. The predicted molar refractivity (Wildman–Crippen MR) is 111 cm³/mol. The van der Waals surface area contributed by atoms with Gasteiger partial charge in [-0.3, -0.25) is 14.2 Å². The lowest BCUT2D eigenvalue weighted by Crippen LogP contribution is -2.28. The van der Waals surface area contributed by atoms with E-state index >= 15 is 0 Å². The Bertz CT molecular complexity index is 1140. The molecule has 156 valence electrons. The molecule has 2 aromatic heterocycles. The lowest BCUT2D eigenvalue weighted by Gasteiger charge is -2.15. The van der Waals surface area contributed by atoms with Crippen LogP contribution >= 0.6 is 0 Å². The largest absolute Gasteiger partial charge is 0.497 e. The number of ether oxygens (including phenoxy) is 2. The van der Waals surface area contributed by atoms with Crippen LogP contribution in [0.1, 0.15) is 12.8 Å². The van der Waals surface area contributed by atoms with Gasteiger partial charge in [0.15, 0.2) is 5.65 Å². The Balaban J connectivity index is 1.53. The smallest absolute Gasteiger partial charge is 0.264 e. The molecule has 0 atom stereocenters. The fraction of sp³-hybridized carbons (Fsp3) is 0.350. The van der Waals surface area contributed by atoms with Crippen molar-refractivity contribution in [2.45, 2.75) is 19.4 Å². The normalized spacial score (nSPS) is 13.5. The number of benzene rings is 1. The second-order valence-corrected chi connectivity index (χ2v) is 6.89. The van der Waals surface area contributed by atoms with Crippen molar-refractivity contribution in [3.8, 4) is 11.5 Å². The van der Waals surface area contributed by atoms with Gasteiger partial charge in [-0.1, -0.05) is 0 Å². The molecule has 1 saturated heterocycles. The highest BCUT2D eigenvalue weighted by atomic mass is 16.5. The number of aromatic nitrogens is 4. The highest BCUT2D eigenvalue weighted by Crippen LogP contribution is 2.29. The molecule has 0 bridgehead atoms. The maximum atomic E-state index is 12.8. The molecule has 4 rings (SSSR count). The van der Waals surface area contributed by atoms with Crippen molar-refractivity contribution in [3.05, 3.63) is 41.1 Å². The SMILES string of the molecule is COc1ccc(NC(=O)Cn2cnc3nc(N4CCCC4)ncc3c2=O)c(OC)c1. The van der Waals surface area contributed by atoms with E-state index in [-0.39, 0.29) is 17.5 Å². The van der Waals surface area contributed by atoms with Crippen molar-refractivity contribution in [1.82, 2.24) is 19.5 Å². The summed E-state index contributed by atoms with van der Waals surface area (Å²) in [4.78, 5) is 40.3. The van der Waals surface area contributed by atoms with Crippen LogP contribution in [0, 0.1) is 0 Å². The fourth-order valence-corrected chi connectivity index (χ4v) is 3.37. The number of methoxy groups -OCH3 is 2. The van der Waals surface area contributed by atoms with E-state index in [0.29, 0.717) is 28.8 Å². The van der Waals surface area contributed by atoms with E-state index in [1.54, 1.807) is 25.3 Å². The first-order valence-corrected chi connectivity index (χ1v) is 9.58. The average molecular weight is 410 g/mol. The minimum atomic E-state index is -0.392. The Morgan fingerprint density at radius 2 is 1.97 bits per heavy atom. The molecule has 1 aromatic carbocycles. The summed E-state index contributed by atoms with van der Waals surface area (Å²) in [6, 6.07) is 5.04. The standard InChI is InChI=1S/C20H22N6O4/c1-29-13-5-6-15(16(9-13)30-2)23-17(27)11-26-12-22-18-14(19(26)28)10-21-20(24-18)25-7-3-4-8-25/h5-6,9-10,12H,3-4,7-8,11H2,1-2H3,(H,23,27). The van der Waals surface area contributed by atoms with Crippen LogP contribution in [0.2, 0.25) is 0 Å². The van der Waals surface area contributed by atoms with Crippen LogP contribution in [0.15, 0.2) is 35.5 Å². The Kier molecular flexibility index (Phi) is 5.46. The van der Waals surface area contributed by atoms with Gasteiger partial charge in [-0.2, -0.15) is 4.98 Å². The number of carbonyl (C=O) groups excluding carboxylic acids is 1. The average Bonchev–Trinajstić information content (AvgIpc) is 3.31. The minimum Gasteiger partial charge on any atom is -0.497 e. The summed E-state index contributed by atoms with van der Waals surface area (Å²) in [7, 11) is 3.04. The van der Waals surface area contributed by atoms with Gasteiger partial charge in [0, 0.05) is 25.4 Å². The summed E-state index contributed by atoms with van der Waals surface area (Å²) in [6.07, 6.45) is 5.01. The van der Waals surface area contributed by atoms with Gasteiger partial charge in [0.1, 0.15) is 29.8 Å². The van der Waals surface area contributed by atoms with Gasteiger partial charge in [0.05, 0.1) is 19.9 Å². The summed E-state index contributed by atoms with van der Waals surface area (Å²) >= 11 is 0. The molecule has 1 aliphatic rings. The maximum Gasteiger partial charge on any atom is 0.264 e. The highest BCUT2D eigenvalue weighted by Gasteiger charge is 2.17. The summed E-state index contributed by atoms with van der Waals surface area (Å²) < 4.78 is 11.7. The van der Waals surface area contributed by atoms with Crippen LogP contribution in [0.25, 0.3) is 11.0 Å². The first-order valence-electron chi connectivity index (χ1n) is 9.58. The molecule has 30 heavy (non-hydrogen) atoms. The van der Waals surface area contributed by atoms with Crippen LogP contribution in [-0.4, -0.2) is 52.7 Å². The third kappa shape index (κ3) is 3.88.